The molecule has 0 aliphatic rings. The number of benzene rings is 2. The van der Waals surface area contributed by atoms with E-state index < -0.39 is 0 Å². The molecule has 0 saturated carbocycles. The lowest BCUT2D eigenvalue weighted by Crippen LogP contribution is -2.22. The van der Waals surface area contributed by atoms with Crippen LogP contribution in [0.4, 0.5) is 0 Å². The standard InChI is InChI=1S/C19H16ClN3O3/c1-2-11-25-14-9-7-13(8-10-14)19(24)21-12-17-22-18(23-26-17)15-5-3-4-6-16(15)20/h2-10H,1,11-12H2,(H,21,24). The molecule has 0 fully saturated rings. The van der Waals surface area contributed by atoms with E-state index in [9.17, 15) is 4.79 Å². The molecule has 7 heteroatoms. The molecule has 3 aromatic rings. The highest BCUT2D eigenvalue weighted by Gasteiger charge is 2.13. The molecule has 0 radical (unpaired) electrons. The number of halogens is 1. The van der Waals surface area contributed by atoms with Crippen LogP contribution in [-0.4, -0.2) is 22.7 Å². The van der Waals surface area contributed by atoms with E-state index >= 15 is 0 Å². The number of rotatable bonds is 7. The van der Waals surface area contributed by atoms with Crippen molar-refractivity contribution < 1.29 is 14.1 Å². The average Bonchev–Trinajstić information content (AvgIpc) is 3.14. The van der Waals surface area contributed by atoms with Gasteiger partial charge in [-0.2, -0.15) is 4.98 Å². The Balaban J connectivity index is 1.60. The summed E-state index contributed by atoms with van der Waals surface area (Å²) in [5.74, 6) is 1.09. The number of carbonyl (C=O) groups is 1. The predicted molar refractivity (Wildman–Crippen MR) is 98.0 cm³/mol. The van der Waals surface area contributed by atoms with Crippen LogP contribution in [-0.2, 0) is 6.54 Å². The van der Waals surface area contributed by atoms with E-state index in [0.29, 0.717) is 40.2 Å². The van der Waals surface area contributed by atoms with Gasteiger partial charge in [-0.05, 0) is 36.4 Å². The summed E-state index contributed by atoms with van der Waals surface area (Å²) in [6, 6.07) is 14.0. The monoisotopic (exact) mass is 369 g/mol. The Morgan fingerprint density at radius 3 is 2.73 bits per heavy atom. The molecule has 0 atom stereocenters. The van der Waals surface area contributed by atoms with Crippen LogP contribution in [0.3, 0.4) is 0 Å². The van der Waals surface area contributed by atoms with Gasteiger partial charge in [0.25, 0.3) is 5.91 Å². The molecule has 0 unspecified atom stereocenters. The molecule has 1 aromatic heterocycles. The first-order valence-electron chi connectivity index (χ1n) is 7.87. The minimum absolute atomic E-state index is 0.116. The Kier molecular flexibility index (Phi) is 5.66. The summed E-state index contributed by atoms with van der Waals surface area (Å²) in [5, 5.41) is 7.15. The second-order valence-electron chi connectivity index (χ2n) is 5.30. The Hall–Kier alpha value is -3.12. The summed E-state index contributed by atoms with van der Waals surface area (Å²) >= 11 is 6.11. The zero-order valence-electron chi connectivity index (χ0n) is 13.8. The SMILES string of the molecule is C=CCOc1ccc(C(=O)NCc2nc(-c3ccccc3Cl)no2)cc1. The van der Waals surface area contributed by atoms with Gasteiger partial charge in [0, 0.05) is 11.1 Å². The first-order chi connectivity index (χ1) is 12.7. The van der Waals surface area contributed by atoms with E-state index in [4.69, 9.17) is 20.9 Å². The van der Waals surface area contributed by atoms with Crippen molar-refractivity contribution in [2.24, 2.45) is 0 Å². The van der Waals surface area contributed by atoms with Crippen LogP contribution in [0.5, 0.6) is 5.75 Å². The van der Waals surface area contributed by atoms with E-state index in [2.05, 4.69) is 22.0 Å². The van der Waals surface area contributed by atoms with Crippen LogP contribution >= 0.6 is 11.6 Å². The number of nitrogens with zero attached hydrogens (tertiary/aromatic N) is 2. The highest BCUT2D eigenvalue weighted by atomic mass is 35.5. The molecule has 1 amide bonds. The lowest BCUT2D eigenvalue weighted by molar-refractivity contribution is 0.0946. The molecule has 0 saturated heterocycles. The van der Waals surface area contributed by atoms with Crippen molar-refractivity contribution in [3.05, 3.63) is 77.7 Å². The molecular weight excluding hydrogens is 354 g/mol. The van der Waals surface area contributed by atoms with Gasteiger partial charge in [0.05, 0.1) is 11.6 Å². The van der Waals surface area contributed by atoms with Gasteiger partial charge in [-0.1, -0.05) is 41.5 Å². The van der Waals surface area contributed by atoms with E-state index in [1.165, 1.54) is 0 Å². The van der Waals surface area contributed by atoms with Crippen molar-refractivity contribution in [2.75, 3.05) is 6.61 Å². The first-order valence-corrected chi connectivity index (χ1v) is 8.24. The van der Waals surface area contributed by atoms with Crippen molar-refractivity contribution >= 4 is 17.5 Å². The first kappa shape index (κ1) is 17.7. The van der Waals surface area contributed by atoms with E-state index in [1.54, 1.807) is 42.5 Å². The van der Waals surface area contributed by atoms with Gasteiger partial charge in [-0.15, -0.1) is 0 Å². The second kappa shape index (κ2) is 8.31. The summed E-state index contributed by atoms with van der Waals surface area (Å²) in [6.45, 7) is 4.11. The molecule has 0 spiro atoms. The lowest BCUT2D eigenvalue weighted by Gasteiger charge is -2.05. The van der Waals surface area contributed by atoms with Crippen LogP contribution in [0.1, 0.15) is 16.2 Å². The van der Waals surface area contributed by atoms with Crippen LogP contribution in [0.25, 0.3) is 11.4 Å². The number of nitrogens with one attached hydrogen (secondary N) is 1. The van der Waals surface area contributed by atoms with Gasteiger partial charge in [-0.3, -0.25) is 4.79 Å². The molecule has 2 aromatic carbocycles. The topological polar surface area (TPSA) is 77.2 Å². The Morgan fingerprint density at radius 2 is 2.00 bits per heavy atom. The maximum absolute atomic E-state index is 12.2. The third-order valence-corrected chi connectivity index (χ3v) is 3.80. The van der Waals surface area contributed by atoms with E-state index in [0.717, 1.165) is 0 Å². The van der Waals surface area contributed by atoms with Crippen LogP contribution < -0.4 is 10.1 Å². The summed E-state index contributed by atoms with van der Waals surface area (Å²) in [7, 11) is 0. The molecule has 0 bridgehead atoms. The van der Waals surface area contributed by atoms with E-state index in [1.807, 2.05) is 12.1 Å². The highest BCUT2D eigenvalue weighted by molar-refractivity contribution is 6.33. The number of hydrogen-bond donors (Lipinski definition) is 1. The smallest absolute Gasteiger partial charge is 0.251 e. The molecule has 26 heavy (non-hydrogen) atoms. The molecule has 0 aliphatic carbocycles. The number of aromatic nitrogens is 2. The number of carbonyl (C=O) groups excluding carboxylic acids is 1. The fourth-order valence-corrected chi connectivity index (χ4v) is 2.41. The average molecular weight is 370 g/mol. The fraction of sp³-hybridized carbons (Fsp3) is 0.105. The van der Waals surface area contributed by atoms with Gasteiger partial charge in [0.2, 0.25) is 11.7 Å². The van der Waals surface area contributed by atoms with Gasteiger partial charge in [-0.25, -0.2) is 0 Å². The molecule has 0 aliphatic heterocycles. The van der Waals surface area contributed by atoms with Crippen LogP contribution in [0.2, 0.25) is 5.02 Å². The molecule has 3 rings (SSSR count). The minimum Gasteiger partial charge on any atom is -0.490 e. The third kappa shape index (κ3) is 4.29. The van der Waals surface area contributed by atoms with E-state index in [-0.39, 0.29) is 12.5 Å². The normalized spacial score (nSPS) is 10.3. The zero-order chi connectivity index (χ0) is 18.4. The Labute approximate surface area is 155 Å². The van der Waals surface area contributed by atoms with Crippen molar-refractivity contribution in [1.29, 1.82) is 0 Å². The number of amides is 1. The van der Waals surface area contributed by atoms with Gasteiger partial charge in [0.1, 0.15) is 12.4 Å². The van der Waals surface area contributed by atoms with Crippen molar-refractivity contribution in [3.63, 3.8) is 0 Å². The van der Waals surface area contributed by atoms with Crippen LogP contribution in [0, 0.1) is 0 Å². The maximum Gasteiger partial charge on any atom is 0.251 e. The molecule has 1 heterocycles. The van der Waals surface area contributed by atoms with Gasteiger partial charge < -0.3 is 14.6 Å². The minimum atomic E-state index is -0.252. The molecular formula is C19H16ClN3O3. The summed E-state index contributed by atoms with van der Waals surface area (Å²) in [6.07, 6.45) is 1.65. The van der Waals surface area contributed by atoms with Crippen molar-refractivity contribution in [2.45, 2.75) is 6.54 Å². The van der Waals surface area contributed by atoms with Crippen molar-refractivity contribution in [3.8, 4) is 17.1 Å². The Morgan fingerprint density at radius 1 is 1.23 bits per heavy atom. The highest BCUT2D eigenvalue weighted by Crippen LogP contribution is 2.24. The van der Waals surface area contributed by atoms with Gasteiger partial charge >= 0.3 is 0 Å². The second-order valence-corrected chi connectivity index (χ2v) is 5.71. The summed E-state index contributed by atoms with van der Waals surface area (Å²) in [4.78, 5) is 16.4. The zero-order valence-corrected chi connectivity index (χ0v) is 14.6. The predicted octanol–water partition coefficient (Wildman–Crippen LogP) is 3.88. The number of ether oxygens (including phenoxy) is 1. The van der Waals surface area contributed by atoms with Crippen molar-refractivity contribution in [1.82, 2.24) is 15.5 Å². The van der Waals surface area contributed by atoms with Gasteiger partial charge in [0.15, 0.2) is 0 Å². The fourth-order valence-electron chi connectivity index (χ4n) is 2.19. The molecule has 132 valence electrons. The summed E-state index contributed by atoms with van der Waals surface area (Å²) in [5.41, 5.74) is 1.17. The largest absolute Gasteiger partial charge is 0.490 e. The maximum atomic E-state index is 12.2. The lowest BCUT2D eigenvalue weighted by atomic mass is 10.2. The Bertz CT molecular complexity index is 906. The summed E-state index contributed by atoms with van der Waals surface area (Å²) < 4.78 is 10.5. The van der Waals surface area contributed by atoms with Crippen LogP contribution in [0.15, 0.2) is 65.7 Å². The molecule has 1 N–H and O–H groups in total. The third-order valence-electron chi connectivity index (χ3n) is 3.47. The quantitative estimate of drug-likeness (QED) is 0.639. The number of hydrogen-bond acceptors (Lipinski definition) is 5. The molecule has 6 nitrogen and oxygen atoms in total.